The monoisotopic (exact) mass is 421 g/mol. The highest BCUT2D eigenvalue weighted by Gasteiger charge is 2.23. The number of carbonyl (C=O) groups is 2. The zero-order chi connectivity index (χ0) is 21.8. The quantitative estimate of drug-likeness (QED) is 0.528. The lowest BCUT2D eigenvalue weighted by Crippen LogP contribution is -2.25. The normalized spacial score (nSPS) is 12.0. The van der Waals surface area contributed by atoms with Gasteiger partial charge in [-0.3, -0.25) is 9.59 Å². The summed E-state index contributed by atoms with van der Waals surface area (Å²) in [6.07, 6.45) is 0. The number of benzene rings is 2. The second kappa shape index (κ2) is 9.00. The zero-order valence-corrected chi connectivity index (χ0v) is 18.0. The van der Waals surface area contributed by atoms with Crippen LogP contribution in [-0.2, 0) is 9.59 Å². The van der Waals surface area contributed by atoms with E-state index in [0.717, 1.165) is 26.4 Å². The van der Waals surface area contributed by atoms with Gasteiger partial charge in [0.05, 0.1) is 5.39 Å². The number of H-pyrrole nitrogens is 1. The molecule has 0 spiro atoms. The van der Waals surface area contributed by atoms with E-state index in [1.807, 2.05) is 68.4 Å². The fourth-order valence-electron chi connectivity index (χ4n) is 3.07. The van der Waals surface area contributed by atoms with E-state index in [9.17, 15) is 9.59 Å². The molecule has 0 unspecified atom stereocenters. The number of allylic oxidation sites excluding steroid dienone is 1. The second-order valence-electron chi connectivity index (χ2n) is 7.25. The number of para-hydroxylation sites is 1. The van der Waals surface area contributed by atoms with Crippen molar-refractivity contribution < 1.29 is 14.6 Å². The van der Waals surface area contributed by atoms with Crippen LogP contribution in [0.15, 0.2) is 70.1 Å². The Morgan fingerprint density at radius 3 is 2.30 bits per heavy atom. The largest absolute Gasteiger partial charge is 0.401 e. The van der Waals surface area contributed by atoms with Crippen LogP contribution in [0, 0.1) is 5.92 Å². The highest BCUT2D eigenvalue weighted by molar-refractivity contribution is 7.99. The molecule has 0 fully saturated rings. The molecule has 7 heteroatoms. The standard InChI is InChI=1S/C23H24N4O2S/c1-13(2)22(24)21(23(25)29)19-12-20(17-6-4-5-7-18(17)27-19)30-16-10-8-15(9-11-16)26-14(3)28/h4-13H,24H2,1-3H3,(H2,25,29)(H,26,28)/p+1. The minimum absolute atomic E-state index is 0.0233. The average molecular weight is 422 g/mol. The van der Waals surface area contributed by atoms with Gasteiger partial charge in [0.2, 0.25) is 17.1 Å². The summed E-state index contributed by atoms with van der Waals surface area (Å²) in [5, 5.41) is 3.78. The first-order valence-electron chi connectivity index (χ1n) is 9.56. The number of aromatic amines is 1. The number of primary amides is 1. The van der Waals surface area contributed by atoms with Crippen molar-refractivity contribution in [2.75, 3.05) is 5.32 Å². The van der Waals surface area contributed by atoms with E-state index in [1.165, 1.54) is 6.92 Å². The molecule has 0 aliphatic heterocycles. The molecule has 0 aliphatic carbocycles. The number of carbonyl (C=O) groups excluding carboxylic acids is 2. The Kier molecular flexibility index (Phi) is 6.42. The van der Waals surface area contributed by atoms with E-state index in [0.29, 0.717) is 17.0 Å². The Labute approximate surface area is 179 Å². The Bertz CT molecular complexity index is 1140. The number of rotatable bonds is 6. The van der Waals surface area contributed by atoms with Gasteiger partial charge in [-0.2, -0.15) is 0 Å². The molecule has 0 aliphatic rings. The third-order valence-electron chi connectivity index (χ3n) is 4.57. The van der Waals surface area contributed by atoms with Crippen molar-refractivity contribution in [3.05, 3.63) is 66.0 Å². The first kappa shape index (κ1) is 21.4. The zero-order valence-electron chi connectivity index (χ0n) is 17.2. The molecular weight excluding hydrogens is 396 g/mol. The van der Waals surface area contributed by atoms with Crippen molar-refractivity contribution in [2.24, 2.45) is 17.4 Å². The number of hydrogen-bond acceptors (Lipinski definition) is 4. The number of pyridine rings is 1. The number of anilines is 1. The molecule has 3 aromatic rings. The summed E-state index contributed by atoms with van der Waals surface area (Å²) >= 11 is 1.56. The van der Waals surface area contributed by atoms with Crippen molar-refractivity contribution in [3.63, 3.8) is 0 Å². The van der Waals surface area contributed by atoms with E-state index in [2.05, 4.69) is 10.3 Å². The van der Waals surface area contributed by atoms with Crippen LogP contribution in [0.4, 0.5) is 5.69 Å². The number of amides is 2. The molecule has 3 rings (SSSR count). The number of fused-ring (bicyclic) bond motifs is 1. The summed E-state index contributed by atoms with van der Waals surface area (Å²) in [6.45, 7) is 5.32. The number of nitrogens with one attached hydrogen (secondary N) is 2. The fourth-order valence-corrected chi connectivity index (χ4v) is 4.06. The van der Waals surface area contributed by atoms with Crippen LogP contribution in [0.25, 0.3) is 16.5 Å². The van der Waals surface area contributed by atoms with Gasteiger partial charge in [-0.25, -0.2) is 4.98 Å². The molecule has 6 N–H and O–H groups in total. The predicted octanol–water partition coefficient (Wildman–Crippen LogP) is 3.57. The van der Waals surface area contributed by atoms with Crippen molar-refractivity contribution in [2.45, 2.75) is 30.6 Å². The van der Waals surface area contributed by atoms with Crippen LogP contribution in [-0.4, -0.2) is 11.8 Å². The van der Waals surface area contributed by atoms with Crippen molar-refractivity contribution >= 4 is 45.7 Å². The summed E-state index contributed by atoms with van der Waals surface area (Å²) in [5.41, 5.74) is 14.8. The van der Waals surface area contributed by atoms with Gasteiger partial charge >= 0.3 is 0 Å². The maximum absolute atomic E-state index is 12.2. The van der Waals surface area contributed by atoms with E-state index >= 15 is 0 Å². The Hall–Kier alpha value is -3.32. The highest BCUT2D eigenvalue weighted by Crippen LogP contribution is 2.34. The first-order chi connectivity index (χ1) is 14.3. The molecule has 2 aromatic carbocycles. The topological polar surface area (TPSA) is 112 Å². The van der Waals surface area contributed by atoms with Gasteiger partial charge in [-0.15, -0.1) is 0 Å². The number of nitrogens with two attached hydrogens (primary N) is 2. The Morgan fingerprint density at radius 1 is 1.03 bits per heavy atom. The highest BCUT2D eigenvalue weighted by atomic mass is 32.2. The smallest absolute Gasteiger partial charge is 0.257 e. The summed E-state index contributed by atoms with van der Waals surface area (Å²) in [5.74, 6) is -0.703. The second-order valence-corrected chi connectivity index (χ2v) is 8.37. The molecule has 6 nitrogen and oxygen atoms in total. The minimum Gasteiger partial charge on any atom is -0.401 e. The van der Waals surface area contributed by atoms with Crippen LogP contribution in [0.2, 0.25) is 0 Å². The van der Waals surface area contributed by atoms with Gasteiger partial charge in [0, 0.05) is 40.2 Å². The van der Waals surface area contributed by atoms with Gasteiger partial charge < -0.3 is 16.8 Å². The molecule has 1 aromatic heterocycles. The van der Waals surface area contributed by atoms with Crippen LogP contribution in [0.5, 0.6) is 0 Å². The first-order valence-corrected chi connectivity index (χ1v) is 10.4. The molecule has 30 heavy (non-hydrogen) atoms. The minimum atomic E-state index is -0.566. The summed E-state index contributed by atoms with van der Waals surface area (Å²) < 4.78 is 0. The predicted molar refractivity (Wildman–Crippen MR) is 121 cm³/mol. The molecule has 0 saturated heterocycles. The molecule has 154 valence electrons. The maximum Gasteiger partial charge on any atom is 0.257 e. The number of hydrogen-bond donors (Lipinski definition) is 3. The van der Waals surface area contributed by atoms with Crippen LogP contribution >= 0.6 is 11.8 Å². The lowest BCUT2D eigenvalue weighted by atomic mass is 10.0. The third kappa shape index (κ3) is 4.80. The van der Waals surface area contributed by atoms with E-state index in [-0.39, 0.29) is 11.8 Å². The molecule has 0 radical (unpaired) electrons. The van der Waals surface area contributed by atoms with Crippen molar-refractivity contribution in [1.82, 2.24) is 0 Å². The van der Waals surface area contributed by atoms with Crippen LogP contribution in [0.3, 0.4) is 0 Å². The third-order valence-corrected chi connectivity index (χ3v) is 5.63. The van der Waals surface area contributed by atoms with Crippen LogP contribution in [0.1, 0.15) is 26.5 Å². The molecule has 2 amide bonds. The molecule has 0 bridgehead atoms. The van der Waals surface area contributed by atoms with Gasteiger partial charge in [0.1, 0.15) is 5.57 Å². The lowest BCUT2D eigenvalue weighted by molar-refractivity contribution is -0.348. The lowest BCUT2D eigenvalue weighted by Gasteiger charge is -2.11. The van der Waals surface area contributed by atoms with E-state index in [1.54, 1.807) is 11.8 Å². The summed E-state index contributed by atoms with van der Waals surface area (Å²) in [7, 11) is 0. The van der Waals surface area contributed by atoms with Crippen molar-refractivity contribution in [1.29, 1.82) is 0 Å². The van der Waals surface area contributed by atoms with Gasteiger partial charge in [-0.05, 0) is 36.2 Å². The van der Waals surface area contributed by atoms with Crippen molar-refractivity contribution in [3.8, 4) is 0 Å². The average Bonchev–Trinajstić information content (AvgIpc) is 2.69. The molecule has 0 saturated carbocycles. The fraction of sp³-hybridized carbons (Fsp3) is 0.174. The van der Waals surface area contributed by atoms with Gasteiger partial charge in [0.25, 0.3) is 5.91 Å². The molecule has 0 atom stereocenters. The van der Waals surface area contributed by atoms with E-state index in [4.69, 9.17) is 11.5 Å². The summed E-state index contributed by atoms with van der Waals surface area (Å²) in [4.78, 5) is 28.7. The van der Waals surface area contributed by atoms with Gasteiger partial charge in [-0.1, -0.05) is 37.7 Å². The van der Waals surface area contributed by atoms with Gasteiger partial charge in [0.15, 0.2) is 0 Å². The molecule has 1 heterocycles. The van der Waals surface area contributed by atoms with E-state index < -0.39 is 5.91 Å². The maximum atomic E-state index is 12.2. The van der Waals surface area contributed by atoms with Crippen LogP contribution < -0.4 is 21.8 Å². The summed E-state index contributed by atoms with van der Waals surface area (Å²) in [6, 6.07) is 17.4. The Balaban J connectivity index is 2.09. The SMILES string of the molecule is CC(=O)Nc1ccc(Sc2cc(C(C(N)=O)=C(N)C(C)C)[nH+]c3ccccc23)cc1. The number of aromatic nitrogens is 1. The Morgan fingerprint density at radius 2 is 1.70 bits per heavy atom. The molecular formula is C23H25N4O2S+.